The van der Waals surface area contributed by atoms with E-state index in [4.69, 9.17) is 0 Å². The normalized spacial score (nSPS) is 13.5. The molecule has 0 bridgehead atoms. The molecule has 0 aromatic heterocycles. The first-order chi connectivity index (χ1) is 8.87. The van der Waals surface area contributed by atoms with Crippen LogP contribution in [0.1, 0.15) is 36.1 Å². The Kier molecular flexibility index (Phi) is 5.97. The van der Waals surface area contributed by atoms with Crippen LogP contribution in [0.2, 0.25) is 0 Å². The first-order valence-electron chi connectivity index (χ1n) is 6.58. The van der Waals surface area contributed by atoms with Crippen molar-refractivity contribution in [1.82, 2.24) is 10.0 Å². The van der Waals surface area contributed by atoms with Gasteiger partial charge in [-0.15, -0.1) is 0 Å². The van der Waals surface area contributed by atoms with Gasteiger partial charge in [-0.2, -0.15) is 0 Å². The Balaban J connectivity index is 2.48. The first kappa shape index (κ1) is 16.1. The summed E-state index contributed by atoms with van der Waals surface area (Å²) in [6.07, 6.45) is 0.610. The second-order valence-electron chi connectivity index (χ2n) is 4.84. The summed E-state index contributed by atoms with van der Waals surface area (Å²) < 4.78 is 24.9. The van der Waals surface area contributed by atoms with Crippen LogP contribution in [0.15, 0.2) is 18.2 Å². The molecule has 0 fully saturated rings. The van der Waals surface area contributed by atoms with Gasteiger partial charge in [-0.3, -0.25) is 0 Å². The fraction of sp³-hybridized carbons (Fsp3) is 0.571. The topological polar surface area (TPSA) is 58.2 Å². The fourth-order valence-corrected chi connectivity index (χ4v) is 2.76. The average molecular weight is 284 g/mol. The van der Waals surface area contributed by atoms with Crippen molar-refractivity contribution in [2.24, 2.45) is 0 Å². The van der Waals surface area contributed by atoms with E-state index in [1.54, 1.807) is 0 Å². The predicted molar refractivity (Wildman–Crippen MR) is 79.8 cm³/mol. The minimum absolute atomic E-state index is 0.163. The summed E-state index contributed by atoms with van der Waals surface area (Å²) >= 11 is 0. The third kappa shape index (κ3) is 4.93. The monoisotopic (exact) mass is 284 g/mol. The maximum Gasteiger partial charge on any atom is 0.211 e. The van der Waals surface area contributed by atoms with Crippen LogP contribution in [0.5, 0.6) is 0 Å². The molecule has 0 aliphatic rings. The van der Waals surface area contributed by atoms with E-state index in [0.717, 1.165) is 0 Å². The molecule has 1 atom stereocenters. The van der Waals surface area contributed by atoms with Gasteiger partial charge in [-0.1, -0.05) is 18.2 Å². The van der Waals surface area contributed by atoms with Crippen molar-refractivity contribution in [2.75, 3.05) is 19.3 Å². The molecule has 2 N–H and O–H groups in total. The smallest absolute Gasteiger partial charge is 0.211 e. The van der Waals surface area contributed by atoms with Gasteiger partial charge in [0.25, 0.3) is 0 Å². The molecule has 0 amide bonds. The van der Waals surface area contributed by atoms with Crippen molar-refractivity contribution in [3.05, 3.63) is 34.9 Å². The summed E-state index contributed by atoms with van der Waals surface area (Å²) in [5.74, 6) is 0.163. The summed E-state index contributed by atoms with van der Waals surface area (Å²) in [6.45, 7) is 7.02. The zero-order valence-corrected chi connectivity index (χ0v) is 13.0. The molecule has 0 unspecified atom stereocenters. The lowest BCUT2D eigenvalue weighted by atomic mass is 9.98. The molecule has 1 aromatic rings. The van der Waals surface area contributed by atoms with Gasteiger partial charge in [0.15, 0.2) is 0 Å². The molecule has 5 heteroatoms. The van der Waals surface area contributed by atoms with Crippen LogP contribution in [0.4, 0.5) is 0 Å². The van der Waals surface area contributed by atoms with Gasteiger partial charge in [-0.05, 0) is 57.5 Å². The maximum absolute atomic E-state index is 11.3. The van der Waals surface area contributed by atoms with Crippen molar-refractivity contribution >= 4 is 10.0 Å². The van der Waals surface area contributed by atoms with Gasteiger partial charge >= 0.3 is 0 Å². The number of hydrogen-bond acceptors (Lipinski definition) is 3. The van der Waals surface area contributed by atoms with Crippen LogP contribution in [-0.4, -0.2) is 27.8 Å². The number of nitrogens with one attached hydrogen (secondary N) is 2. The molecular formula is C14H24N2O2S. The van der Waals surface area contributed by atoms with Gasteiger partial charge in [0.2, 0.25) is 10.0 Å². The highest BCUT2D eigenvalue weighted by molar-refractivity contribution is 7.89. The number of hydrogen-bond donors (Lipinski definition) is 2. The summed E-state index contributed by atoms with van der Waals surface area (Å²) in [7, 11) is -1.64. The van der Waals surface area contributed by atoms with E-state index >= 15 is 0 Å². The zero-order chi connectivity index (χ0) is 14.5. The zero-order valence-electron chi connectivity index (χ0n) is 12.2. The Morgan fingerprint density at radius 2 is 1.95 bits per heavy atom. The Hall–Kier alpha value is -0.910. The van der Waals surface area contributed by atoms with E-state index in [0.29, 0.717) is 13.0 Å². The molecule has 19 heavy (non-hydrogen) atoms. The highest BCUT2D eigenvalue weighted by atomic mass is 32.2. The second kappa shape index (κ2) is 7.03. The third-order valence-corrected chi connectivity index (χ3v) is 4.91. The van der Waals surface area contributed by atoms with Gasteiger partial charge in [-0.25, -0.2) is 13.1 Å². The van der Waals surface area contributed by atoms with Crippen molar-refractivity contribution in [2.45, 2.75) is 33.2 Å². The summed E-state index contributed by atoms with van der Waals surface area (Å²) in [6, 6.07) is 6.51. The molecule has 1 rings (SSSR count). The molecule has 4 nitrogen and oxygen atoms in total. The number of sulfonamides is 1. The fourth-order valence-electron chi connectivity index (χ4n) is 2.04. The lowest BCUT2D eigenvalue weighted by Gasteiger charge is -2.17. The number of rotatable bonds is 7. The Morgan fingerprint density at radius 3 is 2.58 bits per heavy atom. The van der Waals surface area contributed by atoms with E-state index in [2.05, 4.69) is 49.0 Å². The van der Waals surface area contributed by atoms with Crippen molar-refractivity contribution in [1.29, 1.82) is 0 Å². The van der Waals surface area contributed by atoms with Crippen LogP contribution in [-0.2, 0) is 10.0 Å². The quantitative estimate of drug-likeness (QED) is 0.752. The molecule has 0 heterocycles. The average Bonchev–Trinajstić information content (AvgIpc) is 2.37. The minimum atomic E-state index is -3.09. The van der Waals surface area contributed by atoms with Crippen LogP contribution in [0.3, 0.4) is 0 Å². The van der Waals surface area contributed by atoms with Gasteiger partial charge in [0.05, 0.1) is 5.75 Å². The molecule has 0 saturated carbocycles. The molecule has 0 aliphatic carbocycles. The van der Waals surface area contributed by atoms with Gasteiger partial charge in [0, 0.05) is 6.04 Å². The molecule has 0 aliphatic heterocycles. The van der Waals surface area contributed by atoms with E-state index in [-0.39, 0.29) is 11.8 Å². The Labute approximate surface area is 116 Å². The summed E-state index contributed by atoms with van der Waals surface area (Å²) in [5, 5.41) is 3.37. The molecule has 108 valence electrons. The second-order valence-corrected chi connectivity index (χ2v) is 6.89. The lowest BCUT2D eigenvalue weighted by molar-refractivity contribution is 0.555. The van der Waals surface area contributed by atoms with Crippen LogP contribution >= 0.6 is 0 Å². The molecule has 0 radical (unpaired) electrons. The lowest BCUT2D eigenvalue weighted by Crippen LogP contribution is -2.26. The SMILES string of the molecule is CNS(=O)(=O)CCCN[C@@H](C)c1cccc(C)c1C. The van der Waals surface area contributed by atoms with Crippen molar-refractivity contribution in [3.63, 3.8) is 0 Å². The predicted octanol–water partition coefficient (Wildman–Crippen LogP) is 1.89. The van der Waals surface area contributed by atoms with Crippen LogP contribution in [0, 0.1) is 13.8 Å². The van der Waals surface area contributed by atoms with E-state index in [1.165, 1.54) is 23.7 Å². The largest absolute Gasteiger partial charge is 0.310 e. The first-order valence-corrected chi connectivity index (χ1v) is 8.23. The highest BCUT2D eigenvalue weighted by Crippen LogP contribution is 2.19. The van der Waals surface area contributed by atoms with Crippen molar-refractivity contribution < 1.29 is 8.42 Å². The van der Waals surface area contributed by atoms with E-state index in [9.17, 15) is 8.42 Å². The van der Waals surface area contributed by atoms with Gasteiger partial charge < -0.3 is 5.32 Å². The third-order valence-electron chi connectivity index (χ3n) is 3.46. The van der Waals surface area contributed by atoms with Crippen LogP contribution < -0.4 is 10.0 Å². The van der Waals surface area contributed by atoms with Crippen molar-refractivity contribution in [3.8, 4) is 0 Å². The minimum Gasteiger partial charge on any atom is -0.310 e. The molecule has 1 aromatic carbocycles. The number of aryl methyl sites for hydroxylation is 1. The Morgan fingerprint density at radius 1 is 1.26 bits per heavy atom. The molecular weight excluding hydrogens is 260 g/mol. The molecule has 0 saturated heterocycles. The van der Waals surface area contributed by atoms with E-state index < -0.39 is 10.0 Å². The Bertz CT molecular complexity index is 512. The standard InChI is InChI=1S/C14H24N2O2S/c1-11-7-5-8-14(12(11)2)13(3)16-9-6-10-19(17,18)15-4/h5,7-8,13,15-16H,6,9-10H2,1-4H3/t13-/m0/s1. The van der Waals surface area contributed by atoms with E-state index in [1.807, 2.05) is 0 Å². The summed E-state index contributed by atoms with van der Waals surface area (Å²) in [5.41, 5.74) is 3.85. The van der Waals surface area contributed by atoms with Gasteiger partial charge in [0.1, 0.15) is 0 Å². The van der Waals surface area contributed by atoms with Crippen LogP contribution in [0.25, 0.3) is 0 Å². The highest BCUT2D eigenvalue weighted by Gasteiger charge is 2.10. The molecule has 0 spiro atoms. The summed E-state index contributed by atoms with van der Waals surface area (Å²) in [4.78, 5) is 0. The number of benzene rings is 1. The maximum atomic E-state index is 11.3.